The van der Waals surface area contributed by atoms with E-state index in [1.54, 1.807) is 4.90 Å². The summed E-state index contributed by atoms with van der Waals surface area (Å²) in [5, 5.41) is 10.4. The van der Waals surface area contributed by atoms with Gasteiger partial charge in [-0.2, -0.15) is 0 Å². The van der Waals surface area contributed by atoms with Crippen molar-refractivity contribution in [2.24, 2.45) is 0 Å². The molecule has 0 N–H and O–H groups in total. The maximum atomic E-state index is 11.9. The summed E-state index contributed by atoms with van der Waals surface area (Å²) in [5.41, 5.74) is 0. The summed E-state index contributed by atoms with van der Waals surface area (Å²) < 4.78 is 1.45. The fourth-order valence-corrected chi connectivity index (χ4v) is 1.93. The van der Waals surface area contributed by atoms with Crippen molar-refractivity contribution in [3.8, 4) is 0 Å². The number of carbonyl (C=O) groups excluding carboxylic acids is 1. The lowest BCUT2D eigenvalue weighted by atomic mass is 10.1. The van der Waals surface area contributed by atoms with Crippen LogP contribution in [-0.4, -0.2) is 38.4 Å². The van der Waals surface area contributed by atoms with Gasteiger partial charge in [-0.15, -0.1) is 0 Å². The lowest BCUT2D eigenvalue weighted by molar-refractivity contribution is -0.389. The minimum absolute atomic E-state index is 0.00278. The maximum absolute atomic E-state index is 11.9. The zero-order chi connectivity index (χ0) is 12.3. The number of hydrogen-bond donors (Lipinski definition) is 0. The van der Waals surface area contributed by atoms with Crippen molar-refractivity contribution < 1.29 is 9.72 Å². The Labute approximate surface area is 98.2 Å². The van der Waals surface area contributed by atoms with Crippen LogP contribution in [0.1, 0.15) is 19.3 Å². The number of nitro groups is 1. The number of nitrogens with zero attached hydrogens (tertiary/aromatic N) is 4. The second-order valence-corrected chi connectivity index (χ2v) is 4.10. The smallest absolute Gasteiger partial charge is 0.358 e. The van der Waals surface area contributed by atoms with Crippen LogP contribution in [0.4, 0.5) is 5.82 Å². The molecular weight excluding hydrogens is 224 g/mol. The number of aromatic nitrogens is 2. The molecule has 0 bridgehead atoms. The molecule has 1 aromatic rings. The van der Waals surface area contributed by atoms with Crippen molar-refractivity contribution in [3.63, 3.8) is 0 Å². The largest absolute Gasteiger partial charge is 0.381 e. The first kappa shape index (κ1) is 11.6. The average Bonchev–Trinajstić information content (AvgIpc) is 2.79. The SMILES string of the molecule is O=C(Cn1cnc([N+](=O)[O-])c1)N1CCCCC1. The molecule has 7 nitrogen and oxygen atoms in total. The summed E-state index contributed by atoms with van der Waals surface area (Å²) in [6.45, 7) is 1.70. The number of amides is 1. The van der Waals surface area contributed by atoms with Crippen molar-refractivity contribution in [3.05, 3.63) is 22.6 Å². The molecule has 7 heteroatoms. The highest BCUT2D eigenvalue weighted by Gasteiger charge is 2.18. The molecule has 0 unspecified atom stereocenters. The normalized spacial score (nSPS) is 15.9. The van der Waals surface area contributed by atoms with Gasteiger partial charge in [0.25, 0.3) is 0 Å². The lowest BCUT2D eigenvalue weighted by Gasteiger charge is -2.26. The van der Waals surface area contributed by atoms with Crippen LogP contribution in [0, 0.1) is 10.1 Å². The molecule has 0 saturated carbocycles. The van der Waals surface area contributed by atoms with Crippen LogP contribution in [0.25, 0.3) is 0 Å². The van der Waals surface area contributed by atoms with Crippen molar-refractivity contribution >= 4 is 11.7 Å². The third-order valence-corrected chi connectivity index (χ3v) is 2.83. The second-order valence-electron chi connectivity index (χ2n) is 4.10. The Hall–Kier alpha value is -1.92. The molecule has 2 heterocycles. The molecule has 0 aromatic carbocycles. The zero-order valence-electron chi connectivity index (χ0n) is 9.41. The molecule has 1 aliphatic heterocycles. The fourth-order valence-electron chi connectivity index (χ4n) is 1.93. The molecule has 2 rings (SSSR count). The molecular formula is C10H14N4O3. The molecule has 1 aliphatic rings. The average molecular weight is 238 g/mol. The van der Waals surface area contributed by atoms with Gasteiger partial charge in [-0.1, -0.05) is 0 Å². The molecule has 92 valence electrons. The number of hydrogen-bond acceptors (Lipinski definition) is 4. The Morgan fingerprint density at radius 2 is 2.12 bits per heavy atom. The Morgan fingerprint density at radius 3 is 2.71 bits per heavy atom. The minimum Gasteiger partial charge on any atom is -0.358 e. The lowest BCUT2D eigenvalue weighted by Crippen LogP contribution is -2.37. The highest BCUT2D eigenvalue weighted by molar-refractivity contribution is 5.76. The Balaban J connectivity index is 1.94. The van der Waals surface area contributed by atoms with Crippen LogP contribution in [-0.2, 0) is 11.3 Å². The fraction of sp³-hybridized carbons (Fsp3) is 0.600. The van der Waals surface area contributed by atoms with Crippen LogP contribution in [0.3, 0.4) is 0 Å². The Kier molecular flexibility index (Phi) is 3.36. The standard InChI is InChI=1S/C10H14N4O3/c15-10(13-4-2-1-3-5-13)7-12-6-9(11-8-12)14(16)17/h6,8H,1-5,7H2. The van der Waals surface area contributed by atoms with Gasteiger partial charge in [-0.05, 0) is 29.2 Å². The quantitative estimate of drug-likeness (QED) is 0.576. The first-order valence-corrected chi connectivity index (χ1v) is 5.61. The number of piperidine rings is 1. The van der Waals surface area contributed by atoms with E-state index >= 15 is 0 Å². The van der Waals surface area contributed by atoms with Gasteiger partial charge in [-0.25, -0.2) is 0 Å². The Morgan fingerprint density at radius 1 is 1.41 bits per heavy atom. The third-order valence-electron chi connectivity index (χ3n) is 2.83. The van der Waals surface area contributed by atoms with Crippen LogP contribution in [0.2, 0.25) is 0 Å². The van der Waals surface area contributed by atoms with Crippen LogP contribution in [0.15, 0.2) is 12.5 Å². The van der Waals surface area contributed by atoms with E-state index in [0.717, 1.165) is 25.9 Å². The summed E-state index contributed by atoms with van der Waals surface area (Å²) >= 11 is 0. The molecule has 0 atom stereocenters. The molecule has 1 saturated heterocycles. The topological polar surface area (TPSA) is 81.3 Å². The number of rotatable bonds is 3. The van der Waals surface area contributed by atoms with Gasteiger partial charge >= 0.3 is 5.82 Å². The summed E-state index contributed by atoms with van der Waals surface area (Å²) in [5.74, 6) is -0.228. The van der Waals surface area contributed by atoms with E-state index in [1.807, 2.05) is 0 Å². The van der Waals surface area contributed by atoms with Crippen LogP contribution >= 0.6 is 0 Å². The highest BCUT2D eigenvalue weighted by atomic mass is 16.6. The van der Waals surface area contributed by atoms with E-state index in [9.17, 15) is 14.9 Å². The van der Waals surface area contributed by atoms with Crippen molar-refractivity contribution in [1.29, 1.82) is 0 Å². The van der Waals surface area contributed by atoms with Gasteiger partial charge in [0.1, 0.15) is 12.7 Å². The molecule has 0 radical (unpaired) electrons. The molecule has 1 fully saturated rings. The molecule has 17 heavy (non-hydrogen) atoms. The monoisotopic (exact) mass is 238 g/mol. The summed E-state index contributed by atoms with van der Waals surface area (Å²) in [4.78, 5) is 27.1. The van der Waals surface area contributed by atoms with E-state index in [2.05, 4.69) is 4.98 Å². The van der Waals surface area contributed by atoms with Gasteiger partial charge in [0.15, 0.2) is 0 Å². The predicted octanol–water partition coefficient (Wildman–Crippen LogP) is 0.804. The van der Waals surface area contributed by atoms with Crippen molar-refractivity contribution in [2.45, 2.75) is 25.8 Å². The minimum atomic E-state index is -0.568. The van der Waals surface area contributed by atoms with Crippen molar-refractivity contribution in [2.75, 3.05) is 13.1 Å². The van der Waals surface area contributed by atoms with Gasteiger partial charge in [0.2, 0.25) is 12.2 Å². The summed E-state index contributed by atoms with van der Waals surface area (Å²) in [6.07, 6.45) is 5.84. The number of carbonyl (C=O) groups is 1. The second kappa shape index (κ2) is 4.94. The van der Waals surface area contributed by atoms with E-state index in [1.165, 1.54) is 23.5 Å². The number of likely N-dealkylation sites (tertiary alicyclic amines) is 1. The van der Waals surface area contributed by atoms with Gasteiger partial charge in [0.05, 0.1) is 0 Å². The van der Waals surface area contributed by atoms with Crippen LogP contribution in [0.5, 0.6) is 0 Å². The number of imidazole rings is 1. The van der Waals surface area contributed by atoms with Gasteiger partial charge < -0.3 is 19.6 Å². The first-order chi connectivity index (χ1) is 8.16. The van der Waals surface area contributed by atoms with Crippen molar-refractivity contribution in [1.82, 2.24) is 14.5 Å². The predicted molar refractivity (Wildman–Crippen MR) is 59.3 cm³/mol. The van der Waals surface area contributed by atoms with E-state index in [4.69, 9.17) is 0 Å². The van der Waals surface area contributed by atoms with E-state index in [0.29, 0.717) is 0 Å². The van der Waals surface area contributed by atoms with Gasteiger partial charge in [-0.3, -0.25) is 4.79 Å². The first-order valence-electron chi connectivity index (χ1n) is 5.61. The summed E-state index contributed by atoms with van der Waals surface area (Å²) in [7, 11) is 0. The van der Waals surface area contributed by atoms with Crippen LogP contribution < -0.4 is 0 Å². The third kappa shape index (κ3) is 2.80. The van der Waals surface area contributed by atoms with Gasteiger partial charge in [0, 0.05) is 13.1 Å². The Bertz CT molecular complexity index is 423. The highest BCUT2D eigenvalue weighted by Crippen LogP contribution is 2.10. The maximum Gasteiger partial charge on any atom is 0.381 e. The molecule has 1 amide bonds. The zero-order valence-corrected chi connectivity index (χ0v) is 9.41. The molecule has 0 spiro atoms. The molecule has 1 aromatic heterocycles. The summed E-state index contributed by atoms with van der Waals surface area (Å²) in [6, 6.07) is 0. The van der Waals surface area contributed by atoms with E-state index < -0.39 is 4.92 Å². The molecule has 0 aliphatic carbocycles. The van der Waals surface area contributed by atoms with E-state index in [-0.39, 0.29) is 18.3 Å².